The van der Waals surface area contributed by atoms with Crippen molar-refractivity contribution in [3.8, 4) is 5.75 Å². The molecule has 0 aliphatic heterocycles. The Morgan fingerprint density at radius 1 is 1.00 bits per heavy atom. The summed E-state index contributed by atoms with van der Waals surface area (Å²) in [5, 5.41) is 10.9. The molecule has 0 saturated heterocycles. The van der Waals surface area contributed by atoms with E-state index >= 15 is 0 Å². The first-order chi connectivity index (χ1) is 10.6. The van der Waals surface area contributed by atoms with Crippen LogP contribution in [0.5, 0.6) is 5.75 Å². The van der Waals surface area contributed by atoms with Crippen LogP contribution in [0, 0.1) is 11.8 Å². The lowest BCUT2D eigenvalue weighted by Crippen LogP contribution is -2.17. The van der Waals surface area contributed by atoms with Gasteiger partial charge in [0.15, 0.2) is 0 Å². The van der Waals surface area contributed by atoms with E-state index in [9.17, 15) is 5.11 Å². The zero-order valence-corrected chi connectivity index (χ0v) is 16.2. The van der Waals surface area contributed by atoms with Gasteiger partial charge in [0, 0.05) is 0 Å². The Balaban J connectivity index is 2.48. The largest absolute Gasteiger partial charge is 0.507 e. The van der Waals surface area contributed by atoms with Gasteiger partial charge in [0.1, 0.15) is 5.75 Å². The van der Waals surface area contributed by atoms with Crippen molar-refractivity contribution < 1.29 is 5.11 Å². The molecule has 1 nitrogen and oxygen atoms in total. The standard InChI is InChI=1S/C22H36O/c1-14(2)16(4)19-12-18(17-10-8-15(3)9-11-17)13-20(21(19)23)22(5,6)7/h12-17,23H,8-11H2,1-7H3. The maximum atomic E-state index is 10.9. The normalized spacial score (nSPS) is 24.0. The van der Waals surface area contributed by atoms with Crippen molar-refractivity contribution in [1.29, 1.82) is 0 Å². The Hall–Kier alpha value is -0.980. The van der Waals surface area contributed by atoms with E-state index in [0.717, 1.165) is 17.0 Å². The molecule has 1 aromatic rings. The second-order valence-corrected chi connectivity index (χ2v) is 9.25. The van der Waals surface area contributed by atoms with Crippen molar-refractivity contribution in [1.82, 2.24) is 0 Å². The first-order valence-electron chi connectivity index (χ1n) is 9.48. The molecular formula is C22H36O. The van der Waals surface area contributed by atoms with Crippen molar-refractivity contribution in [2.24, 2.45) is 11.8 Å². The summed E-state index contributed by atoms with van der Waals surface area (Å²) in [5.74, 6) is 3.01. The summed E-state index contributed by atoms with van der Waals surface area (Å²) in [6, 6.07) is 4.61. The number of rotatable bonds is 3. The highest BCUT2D eigenvalue weighted by Crippen LogP contribution is 2.43. The molecule has 0 spiro atoms. The van der Waals surface area contributed by atoms with Crippen molar-refractivity contribution in [3.05, 3.63) is 28.8 Å². The molecule has 0 bridgehead atoms. The number of benzene rings is 1. The van der Waals surface area contributed by atoms with E-state index < -0.39 is 0 Å². The van der Waals surface area contributed by atoms with Crippen LogP contribution in [0.1, 0.15) is 103 Å². The number of phenols is 1. The van der Waals surface area contributed by atoms with E-state index in [0.29, 0.717) is 23.5 Å². The Morgan fingerprint density at radius 2 is 1.57 bits per heavy atom. The van der Waals surface area contributed by atoms with Crippen LogP contribution in [0.2, 0.25) is 0 Å². The van der Waals surface area contributed by atoms with E-state index in [1.54, 1.807) is 0 Å². The summed E-state index contributed by atoms with van der Waals surface area (Å²) in [6.07, 6.45) is 5.27. The highest BCUT2D eigenvalue weighted by Gasteiger charge is 2.27. The number of hydrogen-bond acceptors (Lipinski definition) is 1. The molecule has 1 unspecified atom stereocenters. The lowest BCUT2D eigenvalue weighted by atomic mass is 9.75. The summed E-state index contributed by atoms with van der Waals surface area (Å²) in [5.41, 5.74) is 3.72. The summed E-state index contributed by atoms with van der Waals surface area (Å²) in [6.45, 7) is 15.7. The van der Waals surface area contributed by atoms with Gasteiger partial charge in [-0.2, -0.15) is 0 Å². The van der Waals surface area contributed by atoms with E-state index in [4.69, 9.17) is 0 Å². The van der Waals surface area contributed by atoms with Crippen LogP contribution in [0.15, 0.2) is 12.1 Å². The second-order valence-electron chi connectivity index (χ2n) is 9.25. The second kappa shape index (κ2) is 6.87. The van der Waals surface area contributed by atoms with Gasteiger partial charge in [-0.25, -0.2) is 0 Å². The van der Waals surface area contributed by atoms with Crippen molar-refractivity contribution >= 4 is 0 Å². The molecule has 130 valence electrons. The van der Waals surface area contributed by atoms with Gasteiger partial charge < -0.3 is 5.11 Å². The molecule has 0 radical (unpaired) electrons. The van der Waals surface area contributed by atoms with E-state index in [2.05, 4.69) is 60.6 Å². The topological polar surface area (TPSA) is 20.2 Å². The Morgan fingerprint density at radius 3 is 2.04 bits per heavy atom. The van der Waals surface area contributed by atoms with Crippen molar-refractivity contribution in [3.63, 3.8) is 0 Å². The fourth-order valence-electron chi connectivity index (χ4n) is 3.79. The third-order valence-corrected chi connectivity index (χ3v) is 5.95. The van der Waals surface area contributed by atoms with Crippen molar-refractivity contribution in [2.45, 2.75) is 91.4 Å². The van der Waals surface area contributed by atoms with Crippen LogP contribution in [-0.4, -0.2) is 5.11 Å². The molecule has 0 aromatic heterocycles. The summed E-state index contributed by atoms with van der Waals surface area (Å²) < 4.78 is 0. The molecule has 1 saturated carbocycles. The van der Waals surface area contributed by atoms with Gasteiger partial charge in [-0.15, -0.1) is 0 Å². The maximum Gasteiger partial charge on any atom is 0.122 e. The molecule has 1 aliphatic rings. The summed E-state index contributed by atoms with van der Waals surface area (Å²) >= 11 is 0. The quantitative estimate of drug-likeness (QED) is 0.654. The molecule has 1 atom stereocenters. The smallest absolute Gasteiger partial charge is 0.122 e. The third kappa shape index (κ3) is 4.11. The first-order valence-corrected chi connectivity index (χ1v) is 9.48. The van der Waals surface area contributed by atoms with Gasteiger partial charge in [0.25, 0.3) is 0 Å². The van der Waals surface area contributed by atoms with E-state index in [-0.39, 0.29) is 5.41 Å². The number of aromatic hydroxyl groups is 1. The van der Waals surface area contributed by atoms with Crippen LogP contribution in [0.4, 0.5) is 0 Å². The minimum absolute atomic E-state index is 0.0203. The van der Waals surface area contributed by atoms with Gasteiger partial charge >= 0.3 is 0 Å². The van der Waals surface area contributed by atoms with Gasteiger partial charge in [-0.05, 0) is 58.6 Å². The molecule has 1 fully saturated rings. The molecule has 1 aromatic carbocycles. The first kappa shape index (κ1) is 18.4. The molecule has 1 aliphatic carbocycles. The van der Waals surface area contributed by atoms with Crippen LogP contribution >= 0.6 is 0 Å². The molecule has 2 rings (SSSR count). The zero-order valence-electron chi connectivity index (χ0n) is 16.2. The molecule has 23 heavy (non-hydrogen) atoms. The molecule has 1 heteroatoms. The fourth-order valence-corrected chi connectivity index (χ4v) is 3.79. The molecule has 0 heterocycles. The van der Waals surface area contributed by atoms with Crippen LogP contribution in [0.3, 0.4) is 0 Å². The molecule has 0 amide bonds. The van der Waals surface area contributed by atoms with Gasteiger partial charge in [0.2, 0.25) is 0 Å². The molecule has 1 N–H and O–H groups in total. The average Bonchev–Trinajstić information content (AvgIpc) is 2.46. The lowest BCUT2D eigenvalue weighted by molar-refractivity contribution is 0.346. The summed E-state index contributed by atoms with van der Waals surface area (Å²) in [7, 11) is 0. The van der Waals surface area contributed by atoms with Crippen LogP contribution in [-0.2, 0) is 5.41 Å². The van der Waals surface area contributed by atoms with Gasteiger partial charge in [-0.1, -0.05) is 73.4 Å². The Kier molecular flexibility index (Phi) is 5.48. The minimum Gasteiger partial charge on any atom is -0.507 e. The number of phenolic OH excluding ortho intramolecular Hbond substituents is 1. The highest BCUT2D eigenvalue weighted by atomic mass is 16.3. The van der Waals surface area contributed by atoms with E-state index in [1.165, 1.54) is 31.2 Å². The SMILES string of the molecule is CC1CCC(c2cc(C(C)C(C)C)c(O)c(C(C)(C)C)c2)CC1. The highest BCUT2D eigenvalue weighted by molar-refractivity contribution is 5.49. The predicted molar refractivity (Wildman–Crippen MR) is 100 cm³/mol. The van der Waals surface area contributed by atoms with Crippen molar-refractivity contribution in [2.75, 3.05) is 0 Å². The number of hydrogen-bond donors (Lipinski definition) is 1. The van der Waals surface area contributed by atoms with E-state index in [1.807, 2.05) is 0 Å². The fraction of sp³-hybridized carbons (Fsp3) is 0.727. The Bertz CT molecular complexity index is 528. The predicted octanol–water partition coefficient (Wildman–Crippen LogP) is 6.74. The Labute approximate surface area is 143 Å². The summed E-state index contributed by atoms with van der Waals surface area (Å²) in [4.78, 5) is 0. The monoisotopic (exact) mass is 316 g/mol. The minimum atomic E-state index is -0.0203. The lowest BCUT2D eigenvalue weighted by Gasteiger charge is -2.31. The average molecular weight is 317 g/mol. The van der Waals surface area contributed by atoms with Crippen LogP contribution < -0.4 is 0 Å². The zero-order chi connectivity index (χ0) is 17.4. The van der Waals surface area contributed by atoms with Gasteiger partial charge in [-0.3, -0.25) is 0 Å². The van der Waals surface area contributed by atoms with Crippen LogP contribution in [0.25, 0.3) is 0 Å². The third-order valence-electron chi connectivity index (χ3n) is 5.95. The maximum absolute atomic E-state index is 10.9. The molecular weight excluding hydrogens is 280 g/mol. The van der Waals surface area contributed by atoms with Gasteiger partial charge in [0.05, 0.1) is 0 Å².